The summed E-state index contributed by atoms with van der Waals surface area (Å²) in [6.45, 7) is 3.87. The van der Waals surface area contributed by atoms with Gasteiger partial charge in [-0.2, -0.15) is 5.26 Å². The first-order valence-corrected chi connectivity index (χ1v) is 11.0. The zero-order chi connectivity index (χ0) is 22.0. The smallest absolute Gasteiger partial charge is 0.407 e. The van der Waals surface area contributed by atoms with Gasteiger partial charge >= 0.3 is 6.09 Å². The van der Waals surface area contributed by atoms with Crippen molar-refractivity contribution in [3.8, 4) is 32.8 Å². The predicted octanol–water partition coefficient (Wildman–Crippen LogP) is 5.48. The van der Waals surface area contributed by atoms with Crippen LogP contribution in [0.3, 0.4) is 0 Å². The van der Waals surface area contributed by atoms with E-state index in [1.165, 1.54) is 12.7 Å². The molecule has 1 amide bonds. The second kappa shape index (κ2) is 8.78. The van der Waals surface area contributed by atoms with E-state index in [1.54, 1.807) is 11.3 Å². The van der Waals surface area contributed by atoms with Crippen molar-refractivity contribution < 1.29 is 14.3 Å². The third-order valence-electron chi connectivity index (χ3n) is 5.23. The topological polar surface area (TPSA) is 84.2 Å². The van der Waals surface area contributed by atoms with Crippen LogP contribution in [0.4, 0.5) is 4.79 Å². The maximum absolute atomic E-state index is 11.7. The lowest BCUT2D eigenvalue weighted by molar-refractivity contribution is 0.166. The molecule has 1 aliphatic carbocycles. The molecule has 1 heterocycles. The van der Waals surface area contributed by atoms with Gasteiger partial charge in [0.15, 0.2) is 0 Å². The highest BCUT2D eigenvalue weighted by atomic mass is 32.1. The minimum absolute atomic E-state index is 0.00193. The Bertz CT molecular complexity index is 1160. The average Bonchev–Trinajstić information content (AvgIpc) is 3.41. The van der Waals surface area contributed by atoms with Gasteiger partial charge in [-0.1, -0.05) is 18.2 Å². The number of carbonyl (C=O) groups is 1. The highest BCUT2D eigenvalue weighted by Gasteiger charge is 2.27. The summed E-state index contributed by atoms with van der Waals surface area (Å²) in [6.07, 6.45) is 3.19. The molecule has 158 valence electrons. The fourth-order valence-corrected chi connectivity index (χ4v) is 4.84. The Morgan fingerprint density at radius 1 is 1.32 bits per heavy atom. The molecule has 0 bridgehead atoms. The number of nitriles is 1. The van der Waals surface area contributed by atoms with Crippen molar-refractivity contribution in [2.45, 2.75) is 38.8 Å². The molecule has 3 aromatic rings. The zero-order valence-corrected chi connectivity index (χ0v) is 18.5. The Labute approximate surface area is 185 Å². The lowest BCUT2D eigenvalue weighted by Crippen LogP contribution is -2.26. The fourth-order valence-electron chi connectivity index (χ4n) is 3.88. The maximum atomic E-state index is 11.7. The molecule has 1 aromatic heterocycles. The third-order valence-corrected chi connectivity index (χ3v) is 6.31. The Kier molecular flexibility index (Phi) is 5.92. The average molecular weight is 434 g/mol. The highest BCUT2D eigenvalue weighted by molar-refractivity contribution is 7.18. The van der Waals surface area contributed by atoms with Crippen molar-refractivity contribution in [1.29, 1.82) is 5.26 Å². The summed E-state index contributed by atoms with van der Waals surface area (Å²) in [7, 11) is 1.37. The van der Waals surface area contributed by atoms with Crippen LogP contribution in [0.2, 0.25) is 0 Å². The van der Waals surface area contributed by atoms with E-state index in [-0.39, 0.29) is 12.1 Å². The summed E-state index contributed by atoms with van der Waals surface area (Å²) >= 11 is 1.59. The number of carbonyl (C=O) groups excluding carboxylic acids is 1. The summed E-state index contributed by atoms with van der Waals surface area (Å²) in [5.74, 6) is 0.586. The molecule has 0 aliphatic heterocycles. The quantitative estimate of drug-likeness (QED) is 0.576. The van der Waals surface area contributed by atoms with Crippen LogP contribution in [0, 0.1) is 11.3 Å². The minimum Gasteiger partial charge on any atom is -0.490 e. The molecule has 0 fully saturated rings. The molecule has 2 aromatic carbocycles. The van der Waals surface area contributed by atoms with E-state index in [0.29, 0.717) is 11.3 Å². The van der Waals surface area contributed by atoms with Crippen LogP contribution in [0.5, 0.6) is 5.75 Å². The largest absolute Gasteiger partial charge is 0.490 e. The van der Waals surface area contributed by atoms with Crippen LogP contribution >= 0.6 is 11.3 Å². The van der Waals surface area contributed by atoms with Gasteiger partial charge in [0, 0.05) is 11.8 Å². The molecule has 4 rings (SSSR count). The van der Waals surface area contributed by atoms with E-state index in [0.717, 1.165) is 39.4 Å². The van der Waals surface area contributed by atoms with Gasteiger partial charge in [0.05, 0.1) is 29.7 Å². The number of nitrogens with one attached hydrogen (secondary N) is 1. The second-order valence-electron chi connectivity index (χ2n) is 7.62. The van der Waals surface area contributed by atoms with Crippen molar-refractivity contribution in [2.24, 2.45) is 0 Å². The molecule has 0 unspecified atom stereocenters. The van der Waals surface area contributed by atoms with E-state index >= 15 is 0 Å². The minimum atomic E-state index is -0.415. The number of amides is 1. The van der Waals surface area contributed by atoms with Gasteiger partial charge in [0.2, 0.25) is 0 Å². The summed E-state index contributed by atoms with van der Waals surface area (Å²) < 4.78 is 10.5. The Morgan fingerprint density at radius 2 is 2.16 bits per heavy atom. The van der Waals surface area contributed by atoms with Gasteiger partial charge in [-0.25, -0.2) is 9.78 Å². The predicted molar refractivity (Wildman–Crippen MR) is 120 cm³/mol. The van der Waals surface area contributed by atoms with Crippen molar-refractivity contribution >= 4 is 17.4 Å². The van der Waals surface area contributed by atoms with Crippen LogP contribution in [0.25, 0.3) is 21.0 Å². The molecule has 6 nitrogen and oxygen atoms in total. The van der Waals surface area contributed by atoms with Crippen molar-refractivity contribution in [3.63, 3.8) is 0 Å². The number of nitrogens with zero attached hydrogens (tertiary/aromatic N) is 2. The molecular formula is C24H23N3O3S. The van der Waals surface area contributed by atoms with Gasteiger partial charge in [-0.05, 0) is 61.6 Å². The number of hydrogen-bond donors (Lipinski definition) is 1. The summed E-state index contributed by atoms with van der Waals surface area (Å²) in [6, 6.07) is 13.9. The number of methoxy groups -OCH3 is 1. The first kappa shape index (κ1) is 20.9. The van der Waals surface area contributed by atoms with Crippen LogP contribution in [-0.2, 0) is 11.2 Å². The maximum Gasteiger partial charge on any atom is 0.407 e. The van der Waals surface area contributed by atoms with Crippen LogP contribution < -0.4 is 10.1 Å². The molecule has 1 aliphatic rings. The normalized spacial score (nSPS) is 14.7. The number of fused-ring (bicyclic) bond motifs is 1. The van der Waals surface area contributed by atoms with Crippen molar-refractivity contribution in [1.82, 2.24) is 10.3 Å². The van der Waals surface area contributed by atoms with Gasteiger partial charge in [0.25, 0.3) is 0 Å². The summed E-state index contributed by atoms with van der Waals surface area (Å²) in [5, 5.41) is 13.3. The molecule has 0 spiro atoms. The summed E-state index contributed by atoms with van der Waals surface area (Å²) in [4.78, 5) is 17.3. The Hall–Kier alpha value is -3.37. The van der Waals surface area contributed by atoms with Crippen LogP contribution in [0.15, 0.2) is 42.6 Å². The first-order valence-electron chi connectivity index (χ1n) is 10.1. The Balaban J connectivity index is 1.64. The number of benzene rings is 2. The third kappa shape index (κ3) is 4.25. The van der Waals surface area contributed by atoms with Crippen molar-refractivity contribution in [3.05, 3.63) is 59.3 Å². The molecule has 0 saturated heterocycles. The van der Waals surface area contributed by atoms with E-state index in [9.17, 15) is 10.1 Å². The van der Waals surface area contributed by atoms with E-state index in [2.05, 4.69) is 28.5 Å². The van der Waals surface area contributed by atoms with Gasteiger partial charge in [-0.3, -0.25) is 0 Å². The number of thiazole rings is 1. The summed E-state index contributed by atoms with van der Waals surface area (Å²) in [5.41, 5.74) is 4.88. The lowest BCUT2D eigenvalue weighted by Gasteiger charge is -2.13. The molecule has 0 radical (unpaired) electrons. The fraction of sp³-hybridized carbons (Fsp3) is 0.292. The molecule has 0 saturated carbocycles. The molecule has 31 heavy (non-hydrogen) atoms. The monoisotopic (exact) mass is 433 g/mol. The molecule has 1 atom stereocenters. The van der Waals surface area contributed by atoms with E-state index < -0.39 is 6.09 Å². The Morgan fingerprint density at radius 3 is 2.90 bits per heavy atom. The van der Waals surface area contributed by atoms with E-state index in [1.807, 2.05) is 44.3 Å². The van der Waals surface area contributed by atoms with Crippen molar-refractivity contribution in [2.75, 3.05) is 7.11 Å². The SMILES string of the molecule is COC(=O)N[C@@H]1CCc2c(-c3cnc(-c4ccc(OC(C)C)c(C#N)c4)s3)cccc21. The second-order valence-corrected chi connectivity index (χ2v) is 8.65. The standard InChI is InChI=1S/C24H23N3O3S/c1-14(2)30-21-10-7-15(11-16(21)12-25)23-26-13-22(31-23)19-6-4-5-18-17(19)8-9-20(18)27-24(28)29-3/h4-7,10-11,13-14,20H,8-9H2,1-3H3,(H,27,28)/t20-/m1/s1. The van der Waals surface area contributed by atoms with Gasteiger partial charge in [0.1, 0.15) is 16.8 Å². The number of ether oxygens (including phenoxy) is 2. The van der Waals surface area contributed by atoms with Gasteiger partial charge < -0.3 is 14.8 Å². The number of aromatic nitrogens is 1. The molecular weight excluding hydrogens is 410 g/mol. The number of rotatable bonds is 5. The van der Waals surface area contributed by atoms with Crippen LogP contribution in [0.1, 0.15) is 43.0 Å². The number of hydrogen-bond acceptors (Lipinski definition) is 6. The van der Waals surface area contributed by atoms with E-state index in [4.69, 9.17) is 9.47 Å². The first-order chi connectivity index (χ1) is 15.0. The number of alkyl carbamates (subject to hydrolysis) is 1. The zero-order valence-electron chi connectivity index (χ0n) is 17.6. The molecule has 7 heteroatoms. The van der Waals surface area contributed by atoms with Gasteiger partial charge in [-0.15, -0.1) is 11.3 Å². The highest BCUT2D eigenvalue weighted by Crippen LogP contribution is 2.41. The lowest BCUT2D eigenvalue weighted by atomic mass is 10.0. The van der Waals surface area contributed by atoms with Crippen LogP contribution in [-0.4, -0.2) is 24.3 Å². The molecule has 1 N–H and O–H groups in total.